The van der Waals surface area contributed by atoms with Crippen molar-refractivity contribution in [2.45, 2.75) is 13.3 Å². The highest BCUT2D eigenvalue weighted by Crippen LogP contribution is 2.14. The molecule has 0 aromatic heterocycles. The molecule has 14 heavy (non-hydrogen) atoms. The van der Waals surface area contributed by atoms with Crippen molar-refractivity contribution < 1.29 is 4.74 Å². The second kappa shape index (κ2) is 5.26. The van der Waals surface area contributed by atoms with Crippen molar-refractivity contribution in [3.05, 3.63) is 11.8 Å². The standard InChI is InChI=1S/C9H16N4O/c1-7(5-13-9(10)11)8-3-2-4-12-6-14-8/h3,6-7H,2,4-5H2,1H3,(H4,10,11,13). The maximum absolute atomic E-state index is 5.32. The number of guanidine groups is 1. The lowest BCUT2D eigenvalue weighted by Crippen LogP contribution is -2.24. The summed E-state index contributed by atoms with van der Waals surface area (Å²) in [5.41, 5.74) is 10.5. The lowest BCUT2D eigenvalue weighted by Gasteiger charge is -2.11. The van der Waals surface area contributed by atoms with Crippen LogP contribution >= 0.6 is 0 Å². The van der Waals surface area contributed by atoms with Gasteiger partial charge in [-0.25, -0.2) is 0 Å². The summed E-state index contributed by atoms with van der Waals surface area (Å²) in [6.07, 6.45) is 4.41. The molecule has 1 heterocycles. The van der Waals surface area contributed by atoms with E-state index in [1.165, 1.54) is 6.40 Å². The Hall–Kier alpha value is -1.52. The van der Waals surface area contributed by atoms with E-state index in [1.807, 2.05) is 13.0 Å². The Morgan fingerprint density at radius 1 is 1.71 bits per heavy atom. The molecule has 0 spiro atoms. The van der Waals surface area contributed by atoms with Crippen LogP contribution in [0, 0.1) is 5.92 Å². The largest absolute Gasteiger partial charge is 0.450 e. The summed E-state index contributed by atoms with van der Waals surface area (Å²) in [6, 6.07) is 0. The molecule has 0 aliphatic carbocycles. The molecule has 1 atom stereocenters. The molecule has 0 saturated heterocycles. The molecule has 1 aliphatic rings. The average molecular weight is 196 g/mol. The summed E-state index contributed by atoms with van der Waals surface area (Å²) in [7, 11) is 0. The second-order valence-electron chi connectivity index (χ2n) is 3.19. The summed E-state index contributed by atoms with van der Waals surface area (Å²) in [5, 5.41) is 0. The minimum atomic E-state index is 0.111. The predicted molar refractivity (Wildman–Crippen MR) is 57.0 cm³/mol. The molecule has 5 heteroatoms. The molecule has 1 unspecified atom stereocenters. The Morgan fingerprint density at radius 2 is 2.50 bits per heavy atom. The number of aliphatic imine (C=N–C) groups is 2. The van der Waals surface area contributed by atoms with Crippen molar-refractivity contribution in [2.24, 2.45) is 27.4 Å². The molecular weight excluding hydrogens is 180 g/mol. The first-order valence-corrected chi connectivity index (χ1v) is 4.60. The van der Waals surface area contributed by atoms with Gasteiger partial charge in [-0.05, 0) is 12.5 Å². The molecular formula is C9H16N4O. The number of ether oxygens (including phenoxy) is 1. The smallest absolute Gasteiger partial charge is 0.185 e. The number of hydrogen-bond acceptors (Lipinski definition) is 3. The molecule has 0 saturated carbocycles. The summed E-state index contributed by atoms with van der Waals surface area (Å²) in [4.78, 5) is 7.95. The molecule has 5 nitrogen and oxygen atoms in total. The van der Waals surface area contributed by atoms with E-state index >= 15 is 0 Å². The van der Waals surface area contributed by atoms with Crippen molar-refractivity contribution in [1.29, 1.82) is 0 Å². The summed E-state index contributed by atoms with van der Waals surface area (Å²) < 4.78 is 5.32. The fourth-order valence-electron chi connectivity index (χ4n) is 1.13. The van der Waals surface area contributed by atoms with Gasteiger partial charge in [0, 0.05) is 12.5 Å². The SMILES string of the molecule is CC(CN=C(N)N)C1=CCCN=CO1. The van der Waals surface area contributed by atoms with Gasteiger partial charge in [-0.3, -0.25) is 9.98 Å². The summed E-state index contributed by atoms with van der Waals surface area (Å²) >= 11 is 0. The molecule has 78 valence electrons. The minimum Gasteiger partial charge on any atom is -0.450 e. The topological polar surface area (TPSA) is 86.0 Å². The van der Waals surface area contributed by atoms with E-state index in [0.717, 1.165) is 18.7 Å². The third-order valence-corrected chi connectivity index (χ3v) is 1.90. The van der Waals surface area contributed by atoms with Gasteiger partial charge in [-0.2, -0.15) is 0 Å². The maximum atomic E-state index is 5.32. The minimum absolute atomic E-state index is 0.111. The van der Waals surface area contributed by atoms with Gasteiger partial charge in [0.15, 0.2) is 12.4 Å². The number of nitrogens with two attached hydrogens (primary N) is 2. The van der Waals surface area contributed by atoms with Crippen LogP contribution in [0.2, 0.25) is 0 Å². The van der Waals surface area contributed by atoms with Crippen molar-refractivity contribution in [3.63, 3.8) is 0 Å². The first-order chi connectivity index (χ1) is 6.70. The highest BCUT2D eigenvalue weighted by Gasteiger charge is 2.10. The van der Waals surface area contributed by atoms with Gasteiger partial charge in [0.25, 0.3) is 0 Å². The Bertz CT molecular complexity index is 266. The maximum Gasteiger partial charge on any atom is 0.185 e. The normalized spacial score (nSPS) is 17.6. The Balaban J connectivity index is 2.50. The number of hydrogen-bond donors (Lipinski definition) is 2. The van der Waals surface area contributed by atoms with Crippen LogP contribution in [0.4, 0.5) is 0 Å². The Morgan fingerprint density at radius 3 is 3.21 bits per heavy atom. The first-order valence-electron chi connectivity index (χ1n) is 4.60. The van der Waals surface area contributed by atoms with Crippen molar-refractivity contribution in [2.75, 3.05) is 13.1 Å². The van der Waals surface area contributed by atoms with Crippen molar-refractivity contribution in [3.8, 4) is 0 Å². The van der Waals surface area contributed by atoms with E-state index in [-0.39, 0.29) is 11.9 Å². The lowest BCUT2D eigenvalue weighted by molar-refractivity contribution is 0.365. The first kappa shape index (κ1) is 10.6. The van der Waals surface area contributed by atoms with Gasteiger partial charge >= 0.3 is 0 Å². The van der Waals surface area contributed by atoms with Gasteiger partial charge in [-0.1, -0.05) is 6.92 Å². The molecule has 0 radical (unpaired) electrons. The van der Waals surface area contributed by atoms with Gasteiger partial charge in [0.05, 0.1) is 6.54 Å². The van der Waals surface area contributed by atoms with Crippen LogP contribution in [0.5, 0.6) is 0 Å². The van der Waals surface area contributed by atoms with E-state index in [2.05, 4.69) is 9.98 Å². The highest BCUT2D eigenvalue weighted by atomic mass is 16.5. The van der Waals surface area contributed by atoms with E-state index in [0.29, 0.717) is 6.54 Å². The van der Waals surface area contributed by atoms with Crippen LogP contribution in [0.3, 0.4) is 0 Å². The zero-order valence-corrected chi connectivity index (χ0v) is 8.31. The number of rotatable bonds is 3. The van der Waals surface area contributed by atoms with Crippen molar-refractivity contribution >= 4 is 12.4 Å². The fourth-order valence-corrected chi connectivity index (χ4v) is 1.13. The monoisotopic (exact) mass is 196 g/mol. The predicted octanol–water partition coefficient (Wildman–Crippen LogP) is 0.228. The molecule has 0 bridgehead atoms. The van der Waals surface area contributed by atoms with Gasteiger partial charge in [0.2, 0.25) is 0 Å². The van der Waals surface area contributed by atoms with E-state index in [1.54, 1.807) is 0 Å². The van der Waals surface area contributed by atoms with E-state index in [4.69, 9.17) is 16.2 Å². The number of nitrogens with zero attached hydrogens (tertiary/aromatic N) is 2. The van der Waals surface area contributed by atoms with Crippen molar-refractivity contribution in [1.82, 2.24) is 0 Å². The zero-order chi connectivity index (χ0) is 10.4. The molecule has 1 rings (SSSR count). The lowest BCUT2D eigenvalue weighted by atomic mass is 10.1. The molecule has 0 aromatic rings. The molecule has 4 N–H and O–H groups in total. The average Bonchev–Trinajstić information content (AvgIpc) is 2.42. The van der Waals surface area contributed by atoms with E-state index < -0.39 is 0 Å². The van der Waals surface area contributed by atoms with E-state index in [9.17, 15) is 0 Å². The van der Waals surface area contributed by atoms with Crippen LogP contribution < -0.4 is 11.5 Å². The third kappa shape index (κ3) is 3.47. The summed E-state index contributed by atoms with van der Waals surface area (Å²) in [6.45, 7) is 3.33. The van der Waals surface area contributed by atoms with Crippen LogP contribution in [0.15, 0.2) is 21.8 Å². The molecule has 0 aromatic carbocycles. The van der Waals surface area contributed by atoms with Crippen LogP contribution in [-0.2, 0) is 4.74 Å². The van der Waals surface area contributed by atoms with Crippen LogP contribution in [0.25, 0.3) is 0 Å². The Labute approximate surface area is 83.5 Å². The second-order valence-corrected chi connectivity index (χ2v) is 3.19. The third-order valence-electron chi connectivity index (χ3n) is 1.90. The molecule has 1 aliphatic heterocycles. The van der Waals surface area contributed by atoms with Crippen LogP contribution in [0.1, 0.15) is 13.3 Å². The molecule has 0 fully saturated rings. The van der Waals surface area contributed by atoms with Gasteiger partial charge in [-0.15, -0.1) is 0 Å². The summed E-state index contributed by atoms with van der Waals surface area (Å²) in [5.74, 6) is 1.18. The highest BCUT2D eigenvalue weighted by molar-refractivity contribution is 5.75. The molecule has 0 amide bonds. The fraction of sp³-hybridized carbons (Fsp3) is 0.556. The quantitative estimate of drug-likeness (QED) is 0.500. The van der Waals surface area contributed by atoms with Gasteiger partial charge in [0.1, 0.15) is 5.76 Å². The zero-order valence-electron chi connectivity index (χ0n) is 8.31. The Kier molecular flexibility index (Phi) is 3.97. The van der Waals surface area contributed by atoms with Gasteiger partial charge < -0.3 is 16.2 Å². The van der Waals surface area contributed by atoms with Crippen LogP contribution in [-0.4, -0.2) is 25.4 Å².